The smallest absolute Gasteiger partial charge is 0.219 e. The molecule has 38 heavy (non-hydrogen) atoms. The van der Waals surface area contributed by atoms with Crippen LogP contribution >= 0.6 is 0 Å². The number of likely N-dealkylation sites (tertiary alicyclic amines) is 1. The van der Waals surface area contributed by atoms with Crippen molar-refractivity contribution in [1.82, 2.24) is 24.8 Å². The van der Waals surface area contributed by atoms with Crippen LogP contribution in [-0.2, 0) is 10.4 Å². The molecule has 198 valence electrons. The maximum atomic E-state index is 12.5. The number of amides is 1. The van der Waals surface area contributed by atoms with Gasteiger partial charge in [-0.05, 0) is 42.2 Å². The zero-order chi connectivity index (χ0) is 27.1. The first kappa shape index (κ1) is 26.2. The molecule has 0 bridgehead atoms. The van der Waals surface area contributed by atoms with Gasteiger partial charge in [0, 0.05) is 80.0 Å². The summed E-state index contributed by atoms with van der Waals surface area (Å²) >= 11 is 0. The Morgan fingerprint density at radius 3 is 2.26 bits per heavy atom. The number of nitrogens with zero attached hydrogens (tertiary/aromatic N) is 5. The van der Waals surface area contributed by atoms with E-state index in [1.165, 1.54) is 5.56 Å². The van der Waals surface area contributed by atoms with Gasteiger partial charge in [0.1, 0.15) is 5.60 Å². The normalized spacial score (nSPS) is 19.0. The van der Waals surface area contributed by atoms with Crippen LogP contribution in [0.2, 0.25) is 0 Å². The van der Waals surface area contributed by atoms with Gasteiger partial charge in [0.05, 0.1) is 0 Å². The van der Waals surface area contributed by atoms with Gasteiger partial charge in [-0.1, -0.05) is 51.1 Å². The molecule has 1 atom stereocenters. The van der Waals surface area contributed by atoms with E-state index >= 15 is 0 Å². The highest BCUT2D eigenvalue weighted by Crippen LogP contribution is 2.50. The lowest BCUT2D eigenvalue weighted by Crippen LogP contribution is -2.63. The van der Waals surface area contributed by atoms with Crippen molar-refractivity contribution in [2.24, 2.45) is 5.41 Å². The molecule has 7 nitrogen and oxygen atoms in total. The largest absolute Gasteiger partial charge is 0.380 e. The lowest BCUT2D eigenvalue weighted by atomic mass is 9.62. The SMILES string of the molecule is CC(=O)N1CC=C(c2cnc(-c3cncc(C(O)(c4ccc(C(C)C)cc4)C4(C)CN(C)C4)c3)nc2)CC1. The molecule has 1 saturated heterocycles. The van der Waals surface area contributed by atoms with Crippen molar-refractivity contribution in [3.8, 4) is 11.4 Å². The Morgan fingerprint density at radius 1 is 1.03 bits per heavy atom. The number of hydrogen-bond acceptors (Lipinski definition) is 6. The van der Waals surface area contributed by atoms with Gasteiger partial charge in [0.25, 0.3) is 0 Å². The summed E-state index contributed by atoms with van der Waals surface area (Å²) in [5.74, 6) is 1.08. The Labute approximate surface area is 225 Å². The number of carbonyl (C=O) groups is 1. The zero-order valence-corrected chi connectivity index (χ0v) is 23.0. The summed E-state index contributed by atoms with van der Waals surface area (Å²) < 4.78 is 0. The third-order valence-corrected chi connectivity index (χ3v) is 8.20. The quantitative estimate of drug-likeness (QED) is 0.525. The van der Waals surface area contributed by atoms with Crippen molar-refractivity contribution in [1.29, 1.82) is 0 Å². The number of carbonyl (C=O) groups excluding carboxylic acids is 1. The molecule has 2 aliphatic rings. The van der Waals surface area contributed by atoms with Gasteiger partial charge in [-0.3, -0.25) is 9.78 Å². The summed E-state index contributed by atoms with van der Waals surface area (Å²) in [4.78, 5) is 29.5. The van der Waals surface area contributed by atoms with E-state index in [1.807, 2.05) is 23.4 Å². The predicted molar refractivity (Wildman–Crippen MR) is 149 cm³/mol. The molecule has 1 N–H and O–H groups in total. The van der Waals surface area contributed by atoms with Crippen molar-refractivity contribution in [3.63, 3.8) is 0 Å². The highest BCUT2D eigenvalue weighted by atomic mass is 16.3. The van der Waals surface area contributed by atoms with Crippen LogP contribution in [0, 0.1) is 5.41 Å². The highest BCUT2D eigenvalue weighted by molar-refractivity contribution is 5.76. The summed E-state index contributed by atoms with van der Waals surface area (Å²) in [5.41, 5.74) is 4.17. The predicted octanol–water partition coefficient (Wildman–Crippen LogP) is 4.49. The van der Waals surface area contributed by atoms with Crippen LogP contribution in [0.15, 0.2) is 61.2 Å². The number of hydrogen-bond donors (Lipinski definition) is 1. The summed E-state index contributed by atoms with van der Waals surface area (Å²) in [7, 11) is 2.08. The van der Waals surface area contributed by atoms with Crippen molar-refractivity contribution in [3.05, 3.63) is 83.4 Å². The lowest BCUT2D eigenvalue weighted by molar-refractivity contribution is -0.128. The Balaban J connectivity index is 1.47. The Hall–Kier alpha value is -3.42. The molecule has 0 radical (unpaired) electrons. The number of rotatable bonds is 6. The maximum absolute atomic E-state index is 12.5. The van der Waals surface area contributed by atoms with E-state index < -0.39 is 5.60 Å². The first-order valence-corrected chi connectivity index (χ1v) is 13.3. The fourth-order valence-electron chi connectivity index (χ4n) is 5.97. The molecule has 4 heterocycles. The third-order valence-electron chi connectivity index (χ3n) is 8.20. The van der Waals surface area contributed by atoms with Crippen molar-refractivity contribution in [2.75, 3.05) is 33.2 Å². The molecule has 7 heteroatoms. The number of benzene rings is 1. The second-order valence-corrected chi connectivity index (χ2v) is 11.4. The molecule has 5 rings (SSSR count). The number of pyridine rings is 1. The average molecular weight is 512 g/mol. The maximum Gasteiger partial charge on any atom is 0.219 e. The molecule has 2 aromatic heterocycles. The zero-order valence-electron chi connectivity index (χ0n) is 23.0. The van der Waals surface area contributed by atoms with Gasteiger partial charge in [-0.2, -0.15) is 0 Å². The van der Waals surface area contributed by atoms with Crippen LogP contribution in [0.1, 0.15) is 62.3 Å². The van der Waals surface area contributed by atoms with E-state index in [9.17, 15) is 9.90 Å². The monoisotopic (exact) mass is 511 g/mol. The first-order chi connectivity index (χ1) is 18.1. The van der Waals surface area contributed by atoms with E-state index in [4.69, 9.17) is 0 Å². The van der Waals surface area contributed by atoms with Gasteiger partial charge in [0.15, 0.2) is 5.82 Å². The minimum Gasteiger partial charge on any atom is -0.380 e. The second-order valence-electron chi connectivity index (χ2n) is 11.4. The van der Waals surface area contributed by atoms with E-state index in [1.54, 1.807) is 19.3 Å². The van der Waals surface area contributed by atoms with Crippen LogP contribution < -0.4 is 0 Å². The molecule has 1 fully saturated rings. The van der Waals surface area contributed by atoms with E-state index in [0.717, 1.165) is 47.3 Å². The van der Waals surface area contributed by atoms with Crippen molar-refractivity contribution in [2.45, 2.75) is 45.6 Å². The van der Waals surface area contributed by atoms with Crippen LogP contribution in [0.4, 0.5) is 0 Å². The van der Waals surface area contributed by atoms with Gasteiger partial charge >= 0.3 is 0 Å². The van der Waals surface area contributed by atoms with Crippen molar-refractivity contribution >= 4 is 11.5 Å². The lowest BCUT2D eigenvalue weighted by Gasteiger charge is -2.55. The molecule has 3 aromatic rings. The molecular formula is C31H37N5O2. The first-order valence-electron chi connectivity index (χ1n) is 13.3. The fourth-order valence-corrected chi connectivity index (χ4v) is 5.97. The number of aliphatic hydroxyl groups is 1. The van der Waals surface area contributed by atoms with Crippen LogP contribution in [-0.4, -0.2) is 69.0 Å². The van der Waals surface area contributed by atoms with E-state index in [2.05, 4.69) is 78.0 Å². The summed E-state index contributed by atoms with van der Waals surface area (Å²) in [5, 5.41) is 12.5. The molecule has 0 spiro atoms. The van der Waals surface area contributed by atoms with Crippen molar-refractivity contribution < 1.29 is 9.90 Å². The summed E-state index contributed by atoms with van der Waals surface area (Å²) in [6.07, 6.45) is 10.1. The van der Waals surface area contributed by atoms with E-state index in [-0.39, 0.29) is 11.3 Å². The minimum atomic E-state index is -1.21. The van der Waals surface area contributed by atoms with Crippen LogP contribution in [0.3, 0.4) is 0 Å². The third kappa shape index (κ3) is 4.65. The molecule has 2 aliphatic heterocycles. The second kappa shape index (κ2) is 10.0. The summed E-state index contributed by atoms with van der Waals surface area (Å²) in [6.45, 7) is 11.0. The molecular weight excluding hydrogens is 474 g/mol. The molecule has 0 aliphatic carbocycles. The van der Waals surface area contributed by atoms with Gasteiger partial charge in [-0.15, -0.1) is 0 Å². The van der Waals surface area contributed by atoms with Gasteiger partial charge in [0.2, 0.25) is 5.91 Å². The van der Waals surface area contributed by atoms with E-state index in [0.29, 0.717) is 24.8 Å². The van der Waals surface area contributed by atoms with Gasteiger partial charge < -0.3 is 14.9 Å². The Morgan fingerprint density at radius 2 is 1.71 bits per heavy atom. The van der Waals surface area contributed by atoms with Crippen LogP contribution in [0.25, 0.3) is 17.0 Å². The Kier molecular flexibility index (Phi) is 6.92. The molecule has 0 saturated carbocycles. The number of aromatic nitrogens is 3. The summed E-state index contributed by atoms with van der Waals surface area (Å²) in [6, 6.07) is 10.3. The van der Waals surface area contributed by atoms with Crippen LogP contribution in [0.5, 0.6) is 0 Å². The molecule has 1 aromatic carbocycles. The standard InChI is InChI=1S/C31H37N5O2/c1-21(2)23-6-8-27(9-7-23)31(38,30(4)19-35(5)20-30)28-14-25(15-32-18-28)29-33-16-26(17-34-29)24-10-12-36(13-11-24)22(3)37/h6-10,14-18,21,38H,11-13,19-20H2,1-5H3. The highest BCUT2D eigenvalue weighted by Gasteiger charge is 2.55. The fraction of sp³-hybridized carbons (Fsp3) is 0.419. The molecule has 1 amide bonds. The minimum absolute atomic E-state index is 0.0949. The topological polar surface area (TPSA) is 82.5 Å². The van der Waals surface area contributed by atoms with Gasteiger partial charge in [-0.25, -0.2) is 9.97 Å². The Bertz CT molecular complexity index is 1340. The molecule has 1 unspecified atom stereocenters. The average Bonchev–Trinajstić information content (AvgIpc) is 2.92.